The van der Waals surface area contributed by atoms with Gasteiger partial charge in [-0.1, -0.05) is 6.07 Å². The van der Waals surface area contributed by atoms with Gasteiger partial charge in [-0.05, 0) is 39.4 Å². The Morgan fingerprint density at radius 1 is 1.44 bits per heavy atom. The third-order valence-electron chi connectivity index (χ3n) is 2.46. The molecule has 0 saturated heterocycles. The lowest BCUT2D eigenvalue weighted by Gasteiger charge is -2.22. The van der Waals surface area contributed by atoms with Gasteiger partial charge in [0.2, 0.25) is 5.91 Å². The number of aromatic nitrogens is 1. The van der Waals surface area contributed by atoms with Crippen molar-refractivity contribution in [3.63, 3.8) is 0 Å². The molecule has 0 aliphatic carbocycles. The van der Waals surface area contributed by atoms with Gasteiger partial charge < -0.3 is 10.6 Å². The van der Waals surface area contributed by atoms with E-state index < -0.39 is 0 Å². The minimum absolute atomic E-state index is 0.0318. The van der Waals surface area contributed by atoms with Crippen LogP contribution in [0.2, 0.25) is 0 Å². The topological polar surface area (TPSA) is 54.0 Å². The lowest BCUT2D eigenvalue weighted by atomic mass is 10.0. The summed E-state index contributed by atoms with van der Waals surface area (Å²) in [5.74, 6) is 0.568. The molecule has 1 aromatic heterocycles. The van der Waals surface area contributed by atoms with Crippen molar-refractivity contribution in [3.05, 3.63) is 23.9 Å². The molecule has 88 valence electrons. The first-order valence-electron chi connectivity index (χ1n) is 5.34. The van der Waals surface area contributed by atoms with E-state index in [1.54, 1.807) is 12.3 Å². The third-order valence-corrected chi connectivity index (χ3v) is 2.46. The highest BCUT2D eigenvalue weighted by atomic mass is 16.1. The van der Waals surface area contributed by atoms with Crippen molar-refractivity contribution in [3.8, 4) is 0 Å². The summed E-state index contributed by atoms with van der Waals surface area (Å²) in [6.07, 6.45) is 2.15. The summed E-state index contributed by atoms with van der Waals surface area (Å²) >= 11 is 0. The fourth-order valence-corrected chi connectivity index (χ4v) is 1.22. The average molecular weight is 221 g/mol. The predicted molar refractivity (Wildman–Crippen MR) is 65.4 cm³/mol. The normalized spacial score (nSPS) is 11.2. The van der Waals surface area contributed by atoms with Crippen LogP contribution in [0.25, 0.3) is 0 Å². The second kappa shape index (κ2) is 5.07. The van der Waals surface area contributed by atoms with Gasteiger partial charge in [-0.3, -0.25) is 4.79 Å². The second-order valence-electron chi connectivity index (χ2n) is 4.58. The number of anilines is 1. The molecule has 4 nitrogen and oxygen atoms in total. The first-order chi connectivity index (χ1) is 7.43. The Bertz CT molecular complexity index is 357. The highest BCUT2D eigenvalue weighted by Gasteiger charge is 2.19. The smallest absolute Gasteiger partial charge is 0.227 e. The quantitative estimate of drug-likeness (QED) is 0.814. The molecule has 1 aromatic rings. The van der Waals surface area contributed by atoms with Crippen LogP contribution in [0.3, 0.4) is 0 Å². The van der Waals surface area contributed by atoms with Crippen LogP contribution in [0.4, 0.5) is 5.82 Å². The Hall–Kier alpha value is -1.42. The maximum absolute atomic E-state index is 11.7. The fourth-order valence-electron chi connectivity index (χ4n) is 1.22. The minimum atomic E-state index is -0.200. The van der Waals surface area contributed by atoms with Crippen molar-refractivity contribution in [2.24, 2.45) is 0 Å². The number of pyridine rings is 1. The van der Waals surface area contributed by atoms with Crippen molar-refractivity contribution in [1.29, 1.82) is 0 Å². The van der Waals surface area contributed by atoms with Gasteiger partial charge in [-0.25, -0.2) is 4.98 Å². The number of nitrogens with one attached hydrogen (secondary N) is 2. The molecule has 0 aliphatic heterocycles. The minimum Gasteiger partial charge on any atom is -0.314 e. The number of hydrogen-bond donors (Lipinski definition) is 2. The molecule has 0 radical (unpaired) electrons. The number of amides is 1. The van der Waals surface area contributed by atoms with Crippen LogP contribution in [0.1, 0.15) is 25.8 Å². The molecule has 0 aliphatic rings. The predicted octanol–water partition coefficient (Wildman–Crippen LogP) is 1.72. The van der Waals surface area contributed by atoms with Crippen LogP contribution in [0, 0.1) is 6.92 Å². The first-order valence-corrected chi connectivity index (χ1v) is 5.34. The van der Waals surface area contributed by atoms with Gasteiger partial charge in [0.05, 0.1) is 0 Å². The molecule has 1 amide bonds. The molecule has 1 rings (SSSR count). The van der Waals surface area contributed by atoms with Gasteiger partial charge >= 0.3 is 0 Å². The number of rotatable bonds is 4. The van der Waals surface area contributed by atoms with Crippen LogP contribution >= 0.6 is 0 Å². The van der Waals surface area contributed by atoms with Crippen LogP contribution in [0.15, 0.2) is 18.3 Å². The Morgan fingerprint density at radius 2 is 2.12 bits per heavy atom. The maximum atomic E-state index is 11.7. The summed E-state index contributed by atoms with van der Waals surface area (Å²) in [7, 11) is 1.84. The van der Waals surface area contributed by atoms with E-state index in [0.717, 1.165) is 5.56 Å². The van der Waals surface area contributed by atoms with E-state index in [1.807, 2.05) is 33.9 Å². The lowest BCUT2D eigenvalue weighted by Crippen LogP contribution is -2.39. The van der Waals surface area contributed by atoms with Crippen molar-refractivity contribution in [1.82, 2.24) is 10.3 Å². The zero-order chi connectivity index (χ0) is 12.2. The Balaban J connectivity index is 2.55. The van der Waals surface area contributed by atoms with Gasteiger partial charge in [-0.2, -0.15) is 0 Å². The SMILES string of the molecule is CNC(C)(C)CC(=O)Nc1ccc(C)cn1. The summed E-state index contributed by atoms with van der Waals surface area (Å²) in [5.41, 5.74) is 0.878. The summed E-state index contributed by atoms with van der Waals surface area (Å²) in [5, 5.41) is 5.86. The molecule has 0 atom stereocenters. The standard InChI is InChI=1S/C12H19N3O/c1-9-5-6-10(14-8-9)15-11(16)7-12(2,3)13-4/h5-6,8,13H,7H2,1-4H3,(H,14,15,16). The monoisotopic (exact) mass is 221 g/mol. The summed E-state index contributed by atoms with van der Waals surface area (Å²) in [4.78, 5) is 15.8. The number of nitrogens with zero attached hydrogens (tertiary/aromatic N) is 1. The highest BCUT2D eigenvalue weighted by molar-refractivity contribution is 5.90. The zero-order valence-electron chi connectivity index (χ0n) is 10.3. The van der Waals surface area contributed by atoms with Gasteiger partial charge in [0.25, 0.3) is 0 Å². The van der Waals surface area contributed by atoms with Gasteiger partial charge in [0.1, 0.15) is 5.82 Å². The van der Waals surface area contributed by atoms with Crippen molar-refractivity contribution < 1.29 is 4.79 Å². The van der Waals surface area contributed by atoms with E-state index in [9.17, 15) is 4.79 Å². The number of hydrogen-bond acceptors (Lipinski definition) is 3. The summed E-state index contributed by atoms with van der Waals surface area (Å²) in [6.45, 7) is 5.92. The van der Waals surface area contributed by atoms with E-state index in [0.29, 0.717) is 12.2 Å². The van der Waals surface area contributed by atoms with E-state index in [-0.39, 0.29) is 11.4 Å². The average Bonchev–Trinajstić information content (AvgIpc) is 2.21. The van der Waals surface area contributed by atoms with E-state index >= 15 is 0 Å². The summed E-state index contributed by atoms with van der Waals surface area (Å²) in [6, 6.07) is 3.73. The molecule has 0 aromatic carbocycles. The fraction of sp³-hybridized carbons (Fsp3) is 0.500. The van der Waals surface area contributed by atoms with Crippen LogP contribution in [0.5, 0.6) is 0 Å². The van der Waals surface area contributed by atoms with Crippen molar-refractivity contribution >= 4 is 11.7 Å². The largest absolute Gasteiger partial charge is 0.314 e. The molecular formula is C12H19N3O. The zero-order valence-corrected chi connectivity index (χ0v) is 10.3. The summed E-state index contributed by atoms with van der Waals surface area (Å²) < 4.78 is 0. The Kier molecular flexibility index (Phi) is 4.01. The molecule has 0 spiro atoms. The van der Waals surface area contributed by atoms with E-state index in [2.05, 4.69) is 15.6 Å². The lowest BCUT2D eigenvalue weighted by molar-refractivity contribution is -0.117. The first kappa shape index (κ1) is 12.6. The molecule has 0 bridgehead atoms. The number of aryl methyl sites for hydroxylation is 1. The molecule has 16 heavy (non-hydrogen) atoms. The molecule has 0 fully saturated rings. The molecule has 0 saturated carbocycles. The highest BCUT2D eigenvalue weighted by Crippen LogP contribution is 2.10. The molecular weight excluding hydrogens is 202 g/mol. The van der Waals surface area contributed by atoms with E-state index in [4.69, 9.17) is 0 Å². The van der Waals surface area contributed by atoms with Crippen LogP contribution in [-0.4, -0.2) is 23.5 Å². The van der Waals surface area contributed by atoms with Gasteiger partial charge in [0, 0.05) is 18.2 Å². The maximum Gasteiger partial charge on any atom is 0.227 e. The Morgan fingerprint density at radius 3 is 2.62 bits per heavy atom. The van der Waals surface area contributed by atoms with Crippen molar-refractivity contribution in [2.75, 3.05) is 12.4 Å². The molecule has 1 heterocycles. The van der Waals surface area contributed by atoms with Gasteiger partial charge in [0.15, 0.2) is 0 Å². The Labute approximate surface area is 96.5 Å². The number of carbonyl (C=O) groups excluding carboxylic acids is 1. The van der Waals surface area contributed by atoms with Crippen LogP contribution in [-0.2, 0) is 4.79 Å². The molecule has 4 heteroatoms. The third kappa shape index (κ3) is 3.98. The van der Waals surface area contributed by atoms with Gasteiger partial charge in [-0.15, -0.1) is 0 Å². The van der Waals surface area contributed by atoms with E-state index in [1.165, 1.54) is 0 Å². The van der Waals surface area contributed by atoms with Crippen molar-refractivity contribution in [2.45, 2.75) is 32.7 Å². The second-order valence-corrected chi connectivity index (χ2v) is 4.58. The molecule has 2 N–H and O–H groups in total. The molecule has 0 unspecified atom stereocenters. The van der Waals surface area contributed by atoms with Crippen LogP contribution < -0.4 is 10.6 Å². The number of carbonyl (C=O) groups is 1.